The van der Waals surface area contributed by atoms with E-state index in [0.29, 0.717) is 40.2 Å². The lowest BCUT2D eigenvalue weighted by Gasteiger charge is -2.07. The van der Waals surface area contributed by atoms with E-state index in [2.05, 4.69) is 10.3 Å². The van der Waals surface area contributed by atoms with Gasteiger partial charge in [-0.05, 0) is 30.4 Å². The van der Waals surface area contributed by atoms with Gasteiger partial charge in [0, 0.05) is 6.54 Å². The molecule has 0 fully saturated rings. The van der Waals surface area contributed by atoms with Crippen molar-refractivity contribution in [2.24, 2.45) is 5.92 Å². The lowest BCUT2D eigenvalue weighted by atomic mass is 10.1. The highest BCUT2D eigenvalue weighted by atomic mass is 32.1. The maximum Gasteiger partial charge on any atom is 0.348 e. The van der Waals surface area contributed by atoms with Crippen LogP contribution in [0.1, 0.15) is 34.6 Å². The number of carbonyl (C=O) groups is 2. The fraction of sp³-hybridized carbons (Fsp3) is 0.364. The molecule has 0 saturated heterocycles. The van der Waals surface area contributed by atoms with Crippen molar-refractivity contribution in [1.29, 1.82) is 0 Å². The molecule has 3 aromatic rings. The summed E-state index contributed by atoms with van der Waals surface area (Å²) in [7, 11) is 0. The molecule has 30 heavy (non-hydrogen) atoms. The van der Waals surface area contributed by atoms with Crippen LogP contribution in [-0.4, -0.2) is 34.6 Å². The summed E-state index contributed by atoms with van der Waals surface area (Å²) in [6, 6.07) is 9.84. The molecular formula is C22H25N3O4S. The number of aryl methyl sites for hydroxylation is 1. The van der Waals surface area contributed by atoms with E-state index in [1.807, 2.05) is 44.2 Å². The van der Waals surface area contributed by atoms with E-state index in [-0.39, 0.29) is 23.9 Å². The van der Waals surface area contributed by atoms with Crippen LogP contribution in [0, 0.1) is 12.8 Å². The Morgan fingerprint density at radius 2 is 1.97 bits per heavy atom. The van der Waals surface area contributed by atoms with Crippen molar-refractivity contribution < 1.29 is 14.3 Å². The molecule has 1 amide bonds. The summed E-state index contributed by atoms with van der Waals surface area (Å²) >= 11 is 1.14. The zero-order chi connectivity index (χ0) is 21.7. The first kappa shape index (κ1) is 21.7. The molecule has 0 spiro atoms. The molecule has 2 heterocycles. The van der Waals surface area contributed by atoms with E-state index >= 15 is 0 Å². The molecular weight excluding hydrogens is 402 g/mol. The minimum atomic E-state index is -0.450. The maximum atomic E-state index is 12.9. The molecule has 8 heteroatoms. The van der Waals surface area contributed by atoms with Crippen LogP contribution in [0.25, 0.3) is 10.2 Å². The fourth-order valence-electron chi connectivity index (χ4n) is 2.98. The Morgan fingerprint density at radius 3 is 2.67 bits per heavy atom. The molecule has 0 saturated carbocycles. The van der Waals surface area contributed by atoms with Gasteiger partial charge in [-0.15, -0.1) is 11.3 Å². The van der Waals surface area contributed by atoms with E-state index < -0.39 is 5.97 Å². The van der Waals surface area contributed by atoms with Gasteiger partial charge in [0.1, 0.15) is 16.3 Å². The average Bonchev–Trinajstić information content (AvgIpc) is 3.06. The Balaban J connectivity index is 1.70. The first-order valence-corrected chi connectivity index (χ1v) is 10.6. The van der Waals surface area contributed by atoms with Crippen LogP contribution in [0.3, 0.4) is 0 Å². The lowest BCUT2D eigenvalue weighted by Crippen LogP contribution is -2.33. The third kappa shape index (κ3) is 5.13. The van der Waals surface area contributed by atoms with Gasteiger partial charge in [-0.1, -0.05) is 44.2 Å². The van der Waals surface area contributed by atoms with Crippen LogP contribution in [0.5, 0.6) is 0 Å². The van der Waals surface area contributed by atoms with Crippen LogP contribution in [0.4, 0.5) is 0 Å². The normalized spacial score (nSPS) is 11.1. The van der Waals surface area contributed by atoms with E-state index in [4.69, 9.17) is 4.74 Å². The predicted molar refractivity (Wildman–Crippen MR) is 117 cm³/mol. The van der Waals surface area contributed by atoms with Gasteiger partial charge in [-0.3, -0.25) is 14.2 Å². The molecule has 0 bridgehead atoms. The Kier molecular flexibility index (Phi) is 6.99. The Bertz CT molecular complexity index is 1100. The van der Waals surface area contributed by atoms with Crippen molar-refractivity contribution in [3.05, 3.63) is 63.0 Å². The first-order chi connectivity index (χ1) is 14.4. The van der Waals surface area contributed by atoms with Gasteiger partial charge in [-0.2, -0.15) is 0 Å². The number of benzene rings is 1. The van der Waals surface area contributed by atoms with Crippen molar-refractivity contribution in [1.82, 2.24) is 14.9 Å². The van der Waals surface area contributed by atoms with Gasteiger partial charge in [-0.25, -0.2) is 9.78 Å². The topological polar surface area (TPSA) is 90.3 Å². The second-order valence-corrected chi connectivity index (χ2v) is 8.49. The van der Waals surface area contributed by atoms with Crippen LogP contribution >= 0.6 is 11.3 Å². The molecule has 0 aliphatic rings. The average molecular weight is 428 g/mol. The fourth-order valence-corrected chi connectivity index (χ4v) is 4.01. The maximum absolute atomic E-state index is 12.9. The highest BCUT2D eigenvalue weighted by molar-refractivity contribution is 7.20. The summed E-state index contributed by atoms with van der Waals surface area (Å²) in [5.41, 5.74) is 1.33. The second kappa shape index (κ2) is 9.67. The highest BCUT2D eigenvalue weighted by Gasteiger charge is 2.21. The number of esters is 1. The third-order valence-electron chi connectivity index (χ3n) is 4.54. The number of carbonyl (C=O) groups excluding carboxylic acids is 2. The molecule has 0 radical (unpaired) electrons. The van der Waals surface area contributed by atoms with E-state index in [1.165, 1.54) is 10.9 Å². The zero-order valence-corrected chi connectivity index (χ0v) is 18.1. The number of nitrogens with one attached hydrogen (secondary N) is 1. The predicted octanol–water partition coefficient (Wildman–Crippen LogP) is 2.94. The zero-order valence-electron chi connectivity index (χ0n) is 17.3. The number of ether oxygens (including phenoxy) is 1. The number of aromatic nitrogens is 2. The Hall–Kier alpha value is -3.00. The molecule has 158 valence electrons. The summed E-state index contributed by atoms with van der Waals surface area (Å²) in [5, 5.41) is 3.18. The van der Waals surface area contributed by atoms with Crippen LogP contribution in [0.15, 0.2) is 41.5 Å². The number of hydrogen-bond acceptors (Lipinski definition) is 6. The van der Waals surface area contributed by atoms with Crippen molar-refractivity contribution in [2.75, 3.05) is 13.2 Å². The molecule has 1 N–H and O–H groups in total. The SMILES string of the molecule is Cc1c(C(=O)OCC(C)C)sc2ncn(CC(=O)NCCc3ccccc3)c(=O)c12. The van der Waals surface area contributed by atoms with Gasteiger partial charge in [0.05, 0.1) is 18.3 Å². The molecule has 0 unspecified atom stereocenters. The van der Waals surface area contributed by atoms with Gasteiger partial charge in [0.15, 0.2) is 0 Å². The number of amides is 1. The van der Waals surface area contributed by atoms with Crippen LogP contribution in [-0.2, 0) is 22.5 Å². The number of rotatable bonds is 8. The molecule has 0 atom stereocenters. The van der Waals surface area contributed by atoms with Crippen molar-refractivity contribution in [3.63, 3.8) is 0 Å². The summed E-state index contributed by atoms with van der Waals surface area (Å²) in [6.07, 6.45) is 2.06. The molecule has 1 aromatic carbocycles. The van der Waals surface area contributed by atoms with Crippen molar-refractivity contribution in [3.8, 4) is 0 Å². The summed E-state index contributed by atoms with van der Waals surface area (Å²) in [6.45, 7) is 6.29. The van der Waals surface area contributed by atoms with Crippen LogP contribution in [0.2, 0.25) is 0 Å². The molecule has 0 aliphatic carbocycles. The first-order valence-electron chi connectivity index (χ1n) is 9.83. The van der Waals surface area contributed by atoms with Crippen LogP contribution < -0.4 is 10.9 Å². The smallest absolute Gasteiger partial charge is 0.348 e. The van der Waals surface area contributed by atoms with Gasteiger partial charge in [0.2, 0.25) is 5.91 Å². The second-order valence-electron chi connectivity index (χ2n) is 7.49. The standard InChI is InChI=1S/C22H25N3O4S/c1-14(2)12-29-22(28)19-15(3)18-20(30-19)24-13-25(21(18)27)11-17(26)23-10-9-16-7-5-4-6-8-16/h4-8,13-14H,9-12H2,1-3H3,(H,23,26). The quantitative estimate of drug-likeness (QED) is 0.558. The highest BCUT2D eigenvalue weighted by Crippen LogP contribution is 2.27. The Labute approximate surface area is 178 Å². The largest absolute Gasteiger partial charge is 0.461 e. The summed E-state index contributed by atoms with van der Waals surface area (Å²) in [5.74, 6) is -0.494. The van der Waals surface area contributed by atoms with Gasteiger partial charge < -0.3 is 10.1 Å². The number of thiophene rings is 1. The summed E-state index contributed by atoms with van der Waals surface area (Å²) in [4.78, 5) is 42.6. The number of nitrogens with zero attached hydrogens (tertiary/aromatic N) is 2. The lowest BCUT2D eigenvalue weighted by molar-refractivity contribution is -0.121. The van der Waals surface area contributed by atoms with E-state index in [1.54, 1.807) is 6.92 Å². The van der Waals surface area contributed by atoms with E-state index in [9.17, 15) is 14.4 Å². The molecule has 7 nitrogen and oxygen atoms in total. The minimum absolute atomic E-state index is 0.126. The van der Waals surface area contributed by atoms with E-state index in [0.717, 1.165) is 16.9 Å². The van der Waals surface area contributed by atoms with Gasteiger partial charge in [0.25, 0.3) is 5.56 Å². The number of hydrogen-bond donors (Lipinski definition) is 1. The minimum Gasteiger partial charge on any atom is -0.461 e. The van der Waals surface area contributed by atoms with Gasteiger partial charge >= 0.3 is 5.97 Å². The molecule has 2 aromatic heterocycles. The third-order valence-corrected chi connectivity index (χ3v) is 5.72. The monoisotopic (exact) mass is 427 g/mol. The summed E-state index contributed by atoms with van der Waals surface area (Å²) < 4.78 is 6.55. The number of fused-ring (bicyclic) bond motifs is 1. The Morgan fingerprint density at radius 1 is 1.23 bits per heavy atom. The van der Waals surface area contributed by atoms with Crippen molar-refractivity contribution in [2.45, 2.75) is 33.7 Å². The molecule has 0 aliphatic heterocycles. The molecule has 3 rings (SSSR count). The van der Waals surface area contributed by atoms with Crippen molar-refractivity contribution >= 4 is 33.4 Å².